The summed E-state index contributed by atoms with van der Waals surface area (Å²) in [6.45, 7) is 0. The number of nitroso groups, excluding NO2 is 2. The van der Waals surface area contributed by atoms with Crippen molar-refractivity contribution in [1.82, 2.24) is 0 Å². The van der Waals surface area contributed by atoms with Crippen molar-refractivity contribution in [2.45, 2.75) is 0 Å². The minimum absolute atomic E-state index is 0. The summed E-state index contributed by atoms with van der Waals surface area (Å²) in [6, 6.07) is 20.5. The van der Waals surface area contributed by atoms with Crippen molar-refractivity contribution in [3.05, 3.63) is 82.6 Å². The third kappa shape index (κ3) is 4.15. The van der Waals surface area contributed by atoms with Crippen LogP contribution in [0.15, 0.2) is 83.2 Å². The maximum absolute atomic E-state index is 11.5. The van der Waals surface area contributed by atoms with Gasteiger partial charge in [-0.25, -0.2) is 0 Å². The van der Waals surface area contributed by atoms with Crippen molar-refractivity contribution < 1.29 is 29.7 Å². The Bertz CT molecular complexity index is 1030. The maximum Gasteiger partial charge on any atom is 2.00 e. The summed E-state index contributed by atoms with van der Waals surface area (Å²) in [7, 11) is 0. The first kappa shape index (κ1) is 20.1. The van der Waals surface area contributed by atoms with Gasteiger partial charge >= 0.3 is 19.5 Å². The molecule has 7 heteroatoms. The summed E-state index contributed by atoms with van der Waals surface area (Å²) in [5, 5.41) is 31.0. The van der Waals surface area contributed by atoms with Gasteiger partial charge in [-0.3, -0.25) is 0 Å². The van der Waals surface area contributed by atoms with Crippen molar-refractivity contribution >= 4 is 32.9 Å². The molecule has 27 heavy (non-hydrogen) atoms. The molecule has 0 saturated heterocycles. The molecule has 0 N–H and O–H groups in total. The van der Waals surface area contributed by atoms with E-state index in [1.807, 2.05) is 24.3 Å². The monoisotopic (exact) mass is 408 g/mol. The predicted molar refractivity (Wildman–Crippen MR) is 97.7 cm³/mol. The summed E-state index contributed by atoms with van der Waals surface area (Å²) in [5.74, 6) is -0.596. The second-order valence-corrected chi connectivity index (χ2v) is 5.45. The zero-order chi connectivity index (χ0) is 18.5. The van der Waals surface area contributed by atoms with Gasteiger partial charge in [-0.2, -0.15) is 0 Å². The molecule has 4 aromatic rings. The summed E-state index contributed by atoms with van der Waals surface area (Å²) < 4.78 is 0. The van der Waals surface area contributed by atoms with Crippen molar-refractivity contribution in [3.63, 3.8) is 0 Å². The Kier molecular flexibility index (Phi) is 6.69. The first-order valence-electron chi connectivity index (χ1n) is 7.70. The summed E-state index contributed by atoms with van der Waals surface area (Å²) >= 11 is 0. The summed E-state index contributed by atoms with van der Waals surface area (Å²) in [5.41, 5.74) is -0.0580. The van der Waals surface area contributed by atoms with Crippen LogP contribution < -0.4 is 10.2 Å². The van der Waals surface area contributed by atoms with E-state index in [4.69, 9.17) is 0 Å². The number of benzene rings is 4. The van der Waals surface area contributed by atoms with E-state index in [9.17, 15) is 20.0 Å². The fourth-order valence-electron chi connectivity index (χ4n) is 2.61. The normalized spacial score (nSPS) is 9.78. The molecule has 4 aromatic carbocycles. The average Bonchev–Trinajstić information content (AvgIpc) is 2.70. The SMILES string of the molecule is O=Nc1ccc2ccccc2c1[O-].O=Nc1ccc2ccccc2c1[O-].[Zn+2]. The Balaban J connectivity index is 0.000000187. The molecule has 0 bridgehead atoms. The van der Waals surface area contributed by atoms with Crippen LogP contribution in [-0.2, 0) is 19.5 Å². The minimum Gasteiger partial charge on any atom is -0.871 e. The molecular weight excluding hydrogens is 398 g/mol. The Morgan fingerprint density at radius 1 is 0.556 bits per heavy atom. The van der Waals surface area contributed by atoms with Crippen LogP contribution in [-0.4, -0.2) is 0 Å². The standard InChI is InChI=1S/2C10H7NO2.Zn/c2*12-10-8-4-2-1-3-7(8)5-6-9(10)11-13;/h2*1-6,12H;/q;;+2/p-2. The van der Waals surface area contributed by atoms with Crippen LogP contribution in [0.5, 0.6) is 11.5 Å². The molecule has 0 amide bonds. The van der Waals surface area contributed by atoms with Gasteiger partial charge in [0.1, 0.15) is 11.4 Å². The van der Waals surface area contributed by atoms with Crippen LogP contribution in [0, 0.1) is 9.81 Å². The Labute approximate surface area is 167 Å². The quantitative estimate of drug-likeness (QED) is 0.355. The van der Waals surface area contributed by atoms with E-state index in [0.29, 0.717) is 10.8 Å². The smallest absolute Gasteiger partial charge is 0.871 e. The van der Waals surface area contributed by atoms with Crippen LogP contribution in [0.4, 0.5) is 11.4 Å². The number of hydrogen-bond donors (Lipinski definition) is 0. The van der Waals surface area contributed by atoms with Gasteiger partial charge < -0.3 is 10.2 Å². The molecule has 0 atom stereocenters. The molecule has 0 heterocycles. The molecule has 4 rings (SSSR count). The number of fused-ring (bicyclic) bond motifs is 2. The van der Waals surface area contributed by atoms with Gasteiger partial charge in [0, 0.05) is 0 Å². The molecule has 0 radical (unpaired) electrons. The Morgan fingerprint density at radius 3 is 1.30 bits per heavy atom. The minimum atomic E-state index is -0.298. The van der Waals surface area contributed by atoms with E-state index in [1.54, 1.807) is 36.4 Å². The fourth-order valence-corrected chi connectivity index (χ4v) is 2.61. The molecule has 0 aromatic heterocycles. The van der Waals surface area contributed by atoms with Gasteiger partial charge in [0.2, 0.25) is 0 Å². The third-order valence-electron chi connectivity index (χ3n) is 3.91. The summed E-state index contributed by atoms with van der Waals surface area (Å²) in [6.07, 6.45) is 0. The second kappa shape index (κ2) is 8.96. The number of rotatable bonds is 2. The van der Waals surface area contributed by atoms with E-state index in [-0.39, 0.29) is 42.4 Å². The zero-order valence-corrected chi connectivity index (χ0v) is 17.1. The molecule has 0 spiro atoms. The van der Waals surface area contributed by atoms with Gasteiger partial charge in [0.15, 0.2) is 0 Å². The first-order chi connectivity index (χ1) is 12.7. The first-order valence-corrected chi connectivity index (χ1v) is 7.70. The average molecular weight is 410 g/mol. The molecule has 6 nitrogen and oxygen atoms in total. The zero-order valence-electron chi connectivity index (χ0n) is 14.2. The fraction of sp³-hybridized carbons (Fsp3) is 0. The van der Waals surface area contributed by atoms with Crippen LogP contribution in [0.3, 0.4) is 0 Å². The number of nitrogens with zero attached hydrogens (tertiary/aromatic N) is 2. The van der Waals surface area contributed by atoms with Crippen LogP contribution in [0.2, 0.25) is 0 Å². The molecular formula is C20H12N2O4Zn. The number of hydrogen-bond acceptors (Lipinski definition) is 6. The molecule has 0 aliphatic carbocycles. The van der Waals surface area contributed by atoms with Gasteiger partial charge in [-0.15, -0.1) is 9.81 Å². The third-order valence-corrected chi connectivity index (χ3v) is 3.91. The molecule has 128 valence electrons. The van der Waals surface area contributed by atoms with Gasteiger partial charge in [0.25, 0.3) is 0 Å². The van der Waals surface area contributed by atoms with E-state index < -0.39 is 0 Å². The molecule has 0 aliphatic heterocycles. The van der Waals surface area contributed by atoms with Crippen molar-refractivity contribution in [2.24, 2.45) is 10.4 Å². The predicted octanol–water partition coefficient (Wildman–Crippen LogP) is 4.62. The largest absolute Gasteiger partial charge is 2.00 e. The van der Waals surface area contributed by atoms with Gasteiger partial charge in [-0.1, -0.05) is 72.2 Å². The Hall–Kier alpha value is -3.18. The molecule has 0 fully saturated rings. The van der Waals surface area contributed by atoms with Gasteiger partial charge in [0.05, 0.1) is 0 Å². The van der Waals surface area contributed by atoms with E-state index >= 15 is 0 Å². The summed E-state index contributed by atoms with van der Waals surface area (Å²) in [4.78, 5) is 20.4. The van der Waals surface area contributed by atoms with Crippen molar-refractivity contribution in [1.29, 1.82) is 0 Å². The van der Waals surface area contributed by atoms with E-state index in [2.05, 4.69) is 10.4 Å². The van der Waals surface area contributed by atoms with Crippen LogP contribution >= 0.6 is 0 Å². The van der Waals surface area contributed by atoms with Crippen molar-refractivity contribution in [3.8, 4) is 11.5 Å². The van der Waals surface area contributed by atoms with Gasteiger partial charge in [-0.05, 0) is 44.0 Å². The molecule has 0 unspecified atom stereocenters. The molecule has 0 aliphatic rings. The van der Waals surface area contributed by atoms with Crippen LogP contribution in [0.1, 0.15) is 0 Å². The van der Waals surface area contributed by atoms with Crippen LogP contribution in [0.25, 0.3) is 21.5 Å². The topological polar surface area (TPSA) is 105 Å². The second-order valence-electron chi connectivity index (χ2n) is 5.45. The maximum atomic E-state index is 11.5. The molecule has 0 saturated carbocycles. The Morgan fingerprint density at radius 2 is 0.926 bits per heavy atom. The van der Waals surface area contributed by atoms with E-state index in [1.165, 1.54) is 12.1 Å². The van der Waals surface area contributed by atoms with Crippen molar-refractivity contribution in [2.75, 3.05) is 0 Å². The van der Waals surface area contributed by atoms with E-state index in [0.717, 1.165) is 10.8 Å².